The van der Waals surface area contributed by atoms with Gasteiger partial charge in [-0.15, -0.1) is 0 Å². The summed E-state index contributed by atoms with van der Waals surface area (Å²) in [5, 5.41) is 0. The molecule has 2 saturated carbocycles. The van der Waals surface area contributed by atoms with Crippen LogP contribution < -0.4 is 0 Å². The molecule has 188 valence electrons. The molecule has 0 N–H and O–H groups in total. The Balaban J connectivity index is 1.38. The van der Waals surface area contributed by atoms with Gasteiger partial charge in [0.2, 0.25) is 0 Å². The first-order chi connectivity index (χ1) is 15.8. The number of carbonyl (C=O) groups is 2. The van der Waals surface area contributed by atoms with Gasteiger partial charge < -0.3 is 9.47 Å². The average Bonchev–Trinajstić information content (AvgIpc) is 3.39. The molecule has 2 saturated heterocycles. The van der Waals surface area contributed by atoms with Gasteiger partial charge in [-0.25, -0.2) is 8.42 Å². The highest BCUT2D eigenvalue weighted by Gasteiger charge is 2.47. The van der Waals surface area contributed by atoms with Crippen LogP contribution >= 0.6 is 0 Å². The number of hydrogen-bond donors (Lipinski definition) is 0. The summed E-state index contributed by atoms with van der Waals surface area (Å²) in [5.41, 5.74) is 0. The van der Waals surface area contributed by atoms with Crippen LogP contribution in [-0.2, 0) is 28.9 Å². The summed E-state index contributed by atoms with van der Waals surface area (Å²) in [6.07, 6.45) is 10.4. The number of fused-ring (bicyclic) bond motifs is 2. The molecule has 8 nitrogen and oxygen atoms in total. The molecule has 4 aliphatic rings. The summed E-state index contributed by atoms with van der Waals surface area (Å²) in [5.74, 6) is 0.493. The van der Waals surface area contributed by atoms with Crippen molar-refractivity contribution < 1.29 is 27.5 Å². The van der Waals surface area contributed by atoms with E-state index in [1.165, 1.54) is 27.1 Å². The molecule has 6 unspecified atom stereocenters. The van der Waals surface area contributed by atoms with E-state index in [-0.39, 0.29) is 47.6 Å². The van der Waals surface area contributed by atoms with Gasteiger partial charge in [-0.3, -0.25) is 19.4 Å². The lowest BCUT2D eigenvalue weighted by molar-refractivity contribution is -0.147. The molecule has 0 aromatic heterocycles. The lowest BCUT2D eigenvalue weighted by Gasteiger charge is -2.34. The summed E-state index contributed by atoms with van der Waals surface area (Å²) in [7, 11) is -0.515. The van der Waals surface area contributed by atoms with Gasteiger partial charge in [0.05, 0.1) is 25.7 Å². The number of likely N-dealkylation sites (tertiary alicyclic amines) is 2. The third-order valence-corrected chi connectivity index (χ3v) is 10.3. The lowest BCUT2D eigenvalue weighted by atomic mass is 9.85. The largest absolute Gasteiger partial charge is 0.468 e. The lowest BCUT2D eigenvalue weighted by Crippen LogP contribution is -2.47. The quantitative estimate of drug-likeness (QED) is 0.483. The van der Waals surface area contributed by atoms with E-state index in [0.717, 1.165) is 51.4 Å². The van der Waals surface area contributed by atoms with Gasteiger partial charge in [0.15, 0.2) is 9.84 Å². The van der Waals surface area contributed by atoms with Crippen molar-refractivity contribution in [3.8, 4) is 0 Å². The minimum atomic E-state index is -3.33. The van der Waals surface area contributed by atoms with E-state index in [9.17, 15) is 18.0 Å². The van der Waals surface area contributed by atoms with Gasteiger partial charge in [-0.2, -0.15) is 0 Å². The number of esters is 2. The Labute approximate surface area is 198 Å². The van der Waals surface area contributed by atoms with Gasteiger partial charge in [-0.05, 0) is 50.4 Å². The molecular weight excluding hydrogens is 444 g/mol. The van der Waals surface area contributed by atoms with Crippen LogP contribution in [0.4, 0.5) is 0 Å². The highest BCUT2D eigenvalue weighted by atomic mass is 32.2. The fourth-order valence-corrected chi connectivity index (χ4v) is 8.26. The Morgan fingerprint density at radius 1 is 0.727 bits per heavy atom. The van der Waals surface area contributed by atoms with Crippen LogP contribution in [0.25, 0.3) is 0 Å². The average molecular weight is 485 g/mol. The van der Waals surface area contributed by atoms with Crippen molar-refractivity contribution in [2.75, 3.05) is 38.8 Å². The van der Waals surface area contributed by atoms with E-state index >= 15 is 0 Å². The third kappa shape index (κ3) is 5.40. The first-order valence-corrected chi connectivity index (χ1v) is 14.5. The molecule has 4 fully saturated rings. The molecule has 4 rings (SSSR count). The first kappa shape index (κ1) is 24.9. The van der Waals surface area contributed by atoms with E-state index in [0.29, 0.717) is 24.9 Å². The molecule has 33 heavy (non-hydrogen) atoms. The Kier molecular flexibility index (Phi) is 8.01. The molecule has 0 radical (unpaired) electrons. The van der Waals surface area contributed by atoms with Crippen LogP contribution in [0.3, 0.4) is 0 Å². The molecule has 0 aromatic carbocycles. The van der Waals surface area contributed by atoms with Crippen molar-refractivity contribution in [2.45, 2.75) is 88.4 Å². The van der Waals surface area contributed by atoms with E-state index in [2.05, 4.69) is 9.80 Å². The van der Waals surface area contributed by atoms with Crippen molar-refractivity contribution in [3.63, 3.8) is 0 Å². The summed E-state index contributed by atoms with van der Waals surface area (Å²) in [6, 6.07) is -0.0983. The van der Waals surface area contributed by atoms with Crippen LogP contribution in [0.1, 0.15) is 64.2 Å². The number of ether oxygens (including phenoxy) is 2. The number of nitrogens with zero attached hydrogens (tertiary/aromatic N) is 2. The van der Waals surface area contributed by atoms with E-state index in [1.54, 1.807) is 0 Å². The Bertz CT molecular complexity index is 758. The minimum Gasteiger partial charge on any atom is -0.468 e. The molecule has 6 atom stereocenters. The molecule has 2 heterocycles. The van der Waals surface area contributed by atoms with Crippen LogP contribution in [0.2, 0.25) is 0 Å². The number of carbonyl (C=O) groups excluding carboxylic acids is 2. The zero-order valence-corrected chi connectivity index (χ0v) is 20.9. The SMILES string of the molecule is COC(=O)C1CC2CCCCC2N1CCS(=O)(=O)CCN1C(C(=O)OC)CC2CCCCC21. The predicted octanol–water partition coefficient (Wildman–Crippen LogP) is 2.01. The smallest absolute Gasteiger partial charge is 0.323 e. The van der Waals surface area contributed by atoms with Crippen LogP contribution in [0.15, 0.2) is 0 Å². The normalized spacial score (nSPS) is 35.1. The Morgan fingerprint density at radius 2 is 1.12 bits per heavy atom. The molecule has 0 amide bonds. The van der Waals surface area contributed by atoms with Crippen LogP contribution in [0.5, 0.6) is 0 Å². The zero-order chi connectivity index (χ0) is 23.6. The first-order valence-electron chi connectivity index (χ1n) is 12.7. The highest BCUT2D eigenvalue weighted by Crippen LogP contribution is 2.41. The number of sulfone groups is 1. The molecule has 2 aliphatic heterocycles. The van der Waals surface area contributed by atoms with Crippen molar-refractivity contribution in [3.05, 3.63) is 0 Å². The number of hydrogen-bond acceptors (Lipinski definition) is 8. The summed E-state index contributed by atoms with van der Waals surface area (Å²) in [6.45, 7) is 0.742. The van der Waals surface area contributed by atoms with Gasteiger partial charge in [0.1, 0.15) is 12.1 Å². The number of methoxy groups -OCH3 is 2. The highest BCUT2D eigenvalue weighted by molar-refractivity contribution is 7.91. The number of rotatable bonds is 8. The third-order valence-electron chi connectivity index (χ3n) is 8.71. The molecular formula is C24H40N2O6S. The summed E-state index contributed by atoms with van der Waals surface area (Å²) >= 11 is 0. The maximum Gasteiger partial charge on any atom is 0.323 e. The van der Waals surface area contributed by atoms with Crippen LogP contribution in [-0.4, -0.2) is 93.1 Å². The molecule has 0 spiro atoms. The summed E-state index contributed by atoms with van der Waals surface area (Å²) < 4.78 is 36.2. The van der Waals surface area contributed by atoms with Gasteiger partial charge >= 0.3 is 11.9 Å². The standard InChI is InChI=1S/C24H40N2O6S/c1-31-23(27)21-15-17-7-3-5-9-19(17)25(21)11-13-33(29,30)14-12-26-20-10-6-4-8-18(20)16-22(26)24(28)32-2/h17-22H,3-16H2,1-2H3. The molecule has 0 bridgehead atoms. The van der Waals surface area contributed by atoms with E-state index in [1.807, 2.05) is 0 Å². The van der Waals surface area contributed by atoms with Crippen molar-refractivity contribution >= 4 is 21.8 Å². The Hall–Kier alpha value is -1.19. The molecule has 9 heteroatoms. The second-order valence-corrected chi connectivity index (χ2v) is 12.7. The second-order valence-electron chi connectivity index (χ2n) is 10.4. The monoisotopic (exact) mass is 484 g/mol. The second kappa shape index (κ2) is 10.6. The maximum absolute atomic E-state index is 13.1. The van der Waals surface area contributed by atoms with Crippen molar-refractivity contribution in [2.24, 2.45) is 11.8 Å². The molecule has 0 aromatic rings. The van der Waals surface area contributed by atoms with Crippen LogP contribution in [0, 0.1) is 11.8 Å². The Morgan fingerprint density at radius 3 is 1.52 bits per heavy atom. The van der Waals surface area contributed by atoms with Crippen molar-refractivity contribution in [1.29, 1.82) is 0 Å². The van der Waals surface area contributed by atoms with Gasteiger partial charge in [-0.1, -0.05) is 25.7 Å². The van der Waals surface area contributed by atoms with E-state index < -0.39 is 9.84 Å². The van der Waals surface area contributed by atoms with Gasteiger partial charge in [0.25, 0.3) is 0 Å². The van der Waals surface area contributed by atoms with E-state index in [4.69, 9.17) is 9.47 Å². The zero-order valence-electron chi connectivity index (χ0n) is 20.1. The summed E-state index contributed by atoms with van der Waals surface area (Å²) in [4.78, 5) is 29.0. The minimum absolute atomic E-state index is 0.0363. The predicted molar refractivity (Wildman–Crippen MR) is 124 cm³/mol. The van der Waals surface area contributed by atoms with Gasteiger partial charge in [0, 0.05) is 25.2 Å². The molecule has 2 aliphatic carbocycles. The maximum atomic E-state index is 13.1. The van der Waals surface area contributed by atoms with Crippen molar-refractivity contribution in [1.82, 2.24) is 9.80 Å². The topological polar surface area (TPSA) is 93.2 Å². The fraction of sp³-hybridized carbons (Fsp3) is 0.917. The fourth-order valence-electron chi connectivity index (χ4n) is 7.08.